The maximum absolute atomic E-state index is 10.3. The molecule has 0 amide bonds. The summed E-state index contributed by atoms with van der Waals surface area (Å²) in [6.45, 7) is 2.19. The number of allylic oxidation sites excluding steroid dienone is 6. The van der Waals surface area contributed by atoms with Crippen LogP contribution in [0.3, 0.4) is 0 Å². The summed E-state index contributed by atoms with van der Waals surface area (Å²) in [5.74, 6) is -1.37. The van der Waals surface area contributed by atoms with Crippen molar-refractivity contribution >= 4 is 5.97 Å². The third-order valence-corrected chi connectivity index (χ3v) is 3.20. The van der Waals surface area contributed by atoms with E-state index in [1.54, 1.807) is 0 Å². The van der Waals surface area contributed by atoms with Gasteiger partial charge in [-0.1, -0.05) is 75.5 Å². The van der Waals surface area contributed by atoms with Crippen molar-refractivity contribution in [1.29, 1.82) is 0 Å². The van der Waals surface area contributed by atoms with Crippen molar-refractivity contribution in [2.45, 2.75) is 70.8 Å². The molecule has 3 nitrogen and oxygen atoms in total. The Bertz CT molecular complexity index is 335. The van der Waals surface area contributed by atoms with Gasteiger partial charge in [0.25, 0.3) is 0 Å². The molecule has 1 unspecified atom stereocenters. The monoisotopic (exact) mass is 316 g/mol. The zero-order chi connectivity index (χ0) is 15.8. The van der Waals surface area contributed by atoms with E-state index in [1.807, 2.05) is 12.2 Å². The first-order valence-corrected chi connectivity index (χ1v) is 8.05. The van der Waals surface area contributed by atoms with Crippen LogP contribution in [0.4, 0.5) is 0 Å². The van der Waals surface area contributed by atoms with E-state index in [0.29, 0.717) is 6.42 Å². The molecule has 0 aliphatic carbocycles. The van der Waals surface area contributed by atoms with Gasteiger partial charge in [0.1, 0.15) is 0 Å². The first-order valence-electron chi connectivity index (χ1n) is 8.05. The van der Waals surface area contributed by atoms with E-state index in [9.17, 15) is 9.90 Å². The smallest absolute Gasteiger partial charge is 0.547 e. The molecule has 0 rings (SSSR count). The van der Waals surface area contributed by atoms with Crippen LogP contribution >= 0.6 is 0 Å². The zero-order valence-electron chi connectivity index (χ0n) is 14.2. The van der Waals surface area contributed by atoms with Gasteiger partial charge in [-0.15, -0.1) is 0 Å². The molecule has 120 valence electrons. The average molecular weight is 316 g/mol. The van der Waals surface area contributed by atoms with E-state index < -0.39 is 12.1 Å². The number of unbranched alkanes of at least 4 members (excludes halogenated alkanes) is 6. The van der Waals surface area contributed by atoms with Crippen molar-refractivity contribution in [3.63, 3.8) is 0 Å². The van der Waals surface area contributed by atoms with Crippen LogP contribution in [0.1, 0.15) is 64.7 Å². The number of hydrogen-bond acceptors (Lipinski definition) is 3. The fraction of sp³-hybridized carbons (Fsp3) is 0.611. The molecule has 0 aromatic carbocycles. The van der Waals surface area contributed by atoms with E-state index in [1.165, 1.54) is 12.8 Å². The minimum absolute atomic E-state index is 0. The van der Waals surface area contributed by atoms with Crippen LogP contribution in [0.15, 0.2) is 36.5 Å². The molecule has 0 fully saturated rings. The van der Waals surface area contributed by atoms with E-state index >= 15 is 0 Å². The summed E-state index contributed by atoms with van der Waals surface area (Å²) in [6.07, 6.45) is 20.1. The van der Waals surface area contributed by atoms with Crippen molar-refractivity contribution in [3.8, 4) is 0 Å². The van der Waals surface area contributed by atoms with Gasteiger partial charge in [-0.3, -0.25) is 0 Å². The predicted octanol–water partition coefficient (Wildman–Crippen LogP) is 0.301. The van der Waals surface area contributed by atoms with Crippen molar-refractivity contribution in [2.75, 3.05) is 0 Å². The Labute approximate surface area is 157 Å². The van der Waals surface area contributed by atoms with Gasteiger partial charge in [-0.25, -0.2) is 0 Å². The Morgan fingerprint density at radius 3 is 2.05 bits per heavy atom. The Balaban J connectivity index is 0. The standard InChI is InChI=1S/C18H30O3.Na/c1-2-3-4-5-6-7-8-9-10-11-12-13-14-15-16-17(19)18(20)21;/h5-10,17,19H,2-4,11-16H2,1H3,(H,20,21);/q;+1/p-1/b6-5+,8-7+,10-9+;. The normalized spacial score (nSPS) is 13.0. The predicted molar refractivity (Wildman–Crippen MR) is 85.7 cm³/mol. The minimum atomic E-state index is -1.37. The summed E-state index contributed by atoms with van der Waals surface area (Å²) in [4.78, 5) is 10.3. The summed E-state index contributed by atoms with van der Waals surface area (Å²) < 4.78 is 0. The van der Waals surface area contributed by atoms with Crippen LogP contribution in [-0.4, -0.2) is 17.2 Å². The van der Waals surface area contributed by atoms with Crippen molar-refractivity contribution in [1.82, 2.24) is 0 Å². The molecule has 1 N–H and O–H groups in total. The largest absolute Gasteiger partial charge is 1.00 e. The molecule has 0 spiro atoms. The number of carboxylic acids is 1. The Kier molecular flexibility index (Phi) is 20.3. The first kappa shape index (κ1) is 23.9. The van der Waals surface area contributed by atoms with Crippen LogP contribution in [0, 0.1) is 0 Å². The molecule has 0 saturated carbocycles. The van der Waals surface area contributed by atoms with E-state index in [0.717, 1.165) is 38.5 Å². The second-order valence-corrected chi connectivity index (χ2v) is 5.21. The third-order valence-electron chi connectivity index (χ3n) is 3.20. The quantitative estimate of drug-likeness (QED) is 0.302. The molecule has 1 atom stereocenters. The van der Waals surface area contributed by atoms with Gasteiger partial charge in [0.05, 0.1) is 12.1 Å². The Morgan fingerprint density at radius 2 is 1.50 bits per heavy atom. The van der Waals surface area contributed by atoms with Gasteiger partial charge in [-0.2, -0.15) is 0 Å². The molecular formula is C18H29NaO3. The van der Waals surface area contributed by atoms with Crippen LogP contribution in [-0.2, 0) is 4.79 Å². The molecule has 0 aromatic heterocycles. The molecule has 0 bridgehead atoms. The number of carbonyl (C=O) groups excluding carboxylic acids is 1. The molecule has 0 heterocycles. The van der Waals surface area contributed by atoms with E-state index in [-0.39, 0.29) is 29.6 Å². The SMILES string of the molecule is CCCC/C=C/C=C/C=C/CCCCCCC(O)C(=O)[O-].[Na+]. The van der Waals surface area contributed by atoms with Crippen molar-refractivity contribution in [2.24, 2.45) is 0 Å². The van der Waals surface area contributed by atoms with Gasteiger partial charge < -0.3 is 15.0 Å². The summed E-state index contributed by atoms with van der Waals surface area (Å²) in [6, 6.07) is 0. The summed E-state index contributed by atoms with van der Waals surface area (Å²) >= 11 is 0. The number of hydrogen-bond donors (Lipinski definition) is 1. The number of carboxylic acid groups (broad SMARTS) is 1. The summed E-state index contributed by atoms with van der Waals surface area (Å²) in [5, 5.41) is 19.3. The average Bonchev–Trinajstić information content (AvgIpc) is 2.47. The Hall–Kier alpha value is -0.350. The topological polar surface area (TPSA) is 60.4 Å². The van der Waals surface area contributed by atoms with Crippen LogP contribution in [0.25, 0.3) is 0 Å². The number of aliphatic carboxylic acids is 1. The van der Waals surface area contributed by atoms with E-state index in [4.69, 9.17) is 5.11 Å². The Morgan fingerprint density at radius 1 is 0.955 bits per heavy atom. The zero-order valence-corrected chi connectivity index (χ0v) is 16.2. The second-order valence-electron chi connectivity index (χ2n) is 5.21. The van der Waals surface area contributed by atoms with Crippen LogP contribution in [0.2, 0.25) is 0 Å². The third kappa shape index (κ3) is 17.7. The molecule has 0 radical (unpaired) electrons. The molecule has 4 heteroatoms. The van der Waals surface area contributed by atoms with Crippen molar-refractivity contribution in [3.05, 3.63) is 36.5 Å². The maximum Gasteiger partial charge on any atom is 1.00 e. The molecule has 22 heavy (non-hydrogen) atoms. The molecular weight excluding hydrogens is 287 g/mol. The van der Waals surface area contributed by atoms with Gasteiger partial charge in [0.2, 0.25) is 0 Å². The second kappa shape index (κ2) is 18.7. The summed E-state index contributed by atoms with van der Waals surface area (Å²) in [5.41, 5.74) is 0. The van der Waals surface area contributed by atoms with Gasteiger partial charge in [-0.05, 0) is 25.7 Å². The fourth-order valence-electron chi connectivity index (χ4n) is 1.87. The van der Waals surface area contributed by atoms with E-state index in [2.05, 4.69) is 31.2 Å². The van der Waals surface area contributed by atoms with Gasteiger partial charge in [0.15, 0.2) is 0 Å². The van der Waals surface area contributed by atoms with Crippen LogP contribution < -0.4 is 34.7 Å². The molecule has 0 aliphatic rings. The number of rotatable bonds is 13. The maximum atomic E-state index is 10.3. The molecule has 0 aliphatic heterocycles. The first-order chi connectivity index (χ1) is 10.2. The number of aliphatic hydroxyl groups excluding tert-OH is 1. The summed E-state index contributed by atoms with van der Waals surface area (Å²) in [7, 11) is 0. The number of carbonyl (C=O) groups is 1. The molecule has 0 saturated heterocycles. The fourth-order valence-corrected chi connectivity index (χ4v) is 1.87. The van der Waals surface area contributed by atoms with Gasteiger partial charge >= 0.3 is 29.6 Å². The minimum Gasteiger partial charge on any atom is -0.547 e. The van der Waals surface area contributed by atoms with Gasteiger partial charge in [0, 0.05) is 0 Å². The number of aliphatic hydroxyl groups is 1. The van der Waals surface area contributed by atoms with Crippen molar-refractivity contribution < 1.29 is 44.6 Å². The van der Waals surface area contributed by atoms with Crippen LogP contribution in [0.5, 0.6) is 0 Å². The molecule has 0 aromatic rings.